The van der Waals surface area contributed by atoms with Gasteiger partial charge in [-0.2, -0.15) is 5.26 Å². The van der Waals surface area contributed by atoms with Crippen LogP contribution in [0.25, 0.3) is 0 Å². The number of ether oxygens (including phenoxy) is 2. The van der Waals surface area contributed by atoms with Crippen LogP contribution < -0.4 is 15.4 Å². The monoisotopic (exact) mass is 562 g/mol. The van der Waals surface area contributed by atoms with E-state index in [0.717, 1.165) is 6.42 Å². The van der Waals surface area contributed by atoms with Gasteiger partial charge in [0, 0.05) is 19.2 Å². The van der Waals surface area contributed by atoms with Crippen LogP contribution >= 0.6 is 0 Å². The fourth-order valence-electron chi connectivity index (χ4n) is 7.43. The van der Waals surface area contributed by atoms with Crippen molar-refractivity contribution in [3.05, 3.63) is 30.5 Å². The lowest BCUT2D eigenvalue weighted by Gasteiger charge is -2.38. The summed E-state index contributed by atoms with van der Waals surface area (Å²) in [6.45, 7) is 5.75. The minimum Gasteiger partial charge on any atom is -0.472 e. The molecule has 12 nitrogen and oxygen atoms in total. The number of alkyl carbamates (subject to hydrolysis) is 1. The quantitative estimate of drug-likeness (QED) is 0.528. The molecule has 0 radical (unpaired) electrons. The molecule has 3 aliphatic heterocycles. The summed E-state index contributed by atoms with van der Waals surface area (Å²) in [5.41, 5.74) is -2.12. The number of allylic oxidation sites excluding steroid dienone is 2. The average Bonchev–Trinajstić information content (AvgIpc) is 3.71. The fraction of sp³-hybridized carbons (Fsp3) is 0.586. The Balaban J connectivity index is 1.33. The van der Waals surface area contributed by atoms with Gasteiger partial charge in [0.25, 0.3) is 5.91 Å². The molecule has 6 rings (SSSR count). The maximum Gasteiger partial charge on any atom is 0.407 e. The second kappa shape index (κ2) is 9.46. The van der Waals surface area contributed by atoms with Gasteiger partial charge in [-0.25, -0.2) is 9.78 Å². The average molecular weight is 563 g/mol. The highest BCUT2D eigenvalue weighted by Gasteiger charge is 2.62. The lowest BCUT2D eigenvalue weighted by molar-refractivity contribution is -0.148. The Morgan fingerprint density at radius 2 is 2.02 bits per heavy atom. The maximum absolute atomic E-state index is 14.5. The minimum absolute atomic E-state index is 0.00929. The number of nitrogens with one attached hydrogen (secondary N) is 2. The Morgan fingerprint density at radius 1 is 1.27 bits per heavy atom. The van der Waals surface area contributed by atoms with Gasteiger partial charge in [-0.3, -0.25) is 14.4 Å². The second-order valence-electron chi connectivity index (χ2n) is 12.8. The molecular weight excluding hydrogens is 528 g/mol. The van der Waals surface area contributed by atoms with Crippen molar-refractivity contribution in [2.75, 3.05) is 25.5 Å². The molecular formula is C29H34N6O6. The zero-order valence-corrected chi connectivity index (χ0v) is 23.5. The van der Waals surface area contributed by atoms with Gasteiger partial charge < -0.3 is 29.9 Å². The van der Waals surface area contributed by atoms with E-state index in [1.165, 1.54) is 18.2 Å². The molecule has 4 heterocycles. The molecule has 1 saturated carbocycles. The molecule has 2 aliphatic carbocycles. The van der Waals surface area contributed by atoms with Crippen LogP contribution in [0.2, 0.25) is 0 Å². The van der Waals surface area contributed by atoms with E-state index in [0.29, 0.717) is 12.3 Å². The summed E-state index contributed by atoms with van der Waals surface area (Å²) in [7, 11) is 1.23. The molecule has 2 bridgehead atoms. The zero-order chi connectivity index (χ0) is 29.3. The topological polar surface area (TPSA) is 154 Å². The molecule has 0 aromatic carbocycles. The standard InChI is InChI=1S/C29H34N6O6/c1-28(2,3)22(32-27(39)40-4)25(37)34-13-18-15-7-8-16(10-15)20(18)21(34)24(36)35-14-29(11-17(35)12-30)26(38)33-23-19(41-29)6-5-9-31-23/h5-9,15-18,20-22H,10-11,13-14H2,1-4H3,(H,32,39)(H,31,33,38). The highest BCUT2D eigenvalue weighted by molar-refractivity contribution is 6.01. The molecule has 41 heavy (non-hydrogen) atoms. The van der Waals surface area contributed by atoms with E-state index in [9.17, 15) is 24.4 Å². The van der Waals surface area contributed by atoms with Gasteiger partial charge >= 0.3 is 6.09 Å². The van der Waals surface area contributed by atoms with Crippen LogP contribution in [0.15, 0.2) is 30.5 Å². The SMILES string of the molecule is COC(=O)NC(C(=O)N1CC2C3C=CC(C3)C2C1C(=O)N1CC2(CC1C#N)Oc1cccnc1NC2=O)C(C)(C)C. The first kappa shape index (κ1) is 27.1. The van der Waals surface area contributed by atoms with Crippen LogP contribution in [0.5, 0.6) is 5.75 Å². The number of amides is 4. The third kappa shape index (κ3) is 4.21. The summed E-state index contributed by atoms with van der Waals surface area (Å²) in [5, 5.41) is 15.5. The van der Waals surface area contributed by atoms with Crippen LogP contribution in [0.3, 0.4) is 0 Å². The molecule has 1 spiro atoms. The predicted octanol–water partition coefficient (Wildman–Crippen LogP) is 1.70. The first-order chi connectivity index (χ1) is 19.5. The fourth-order valence-corrected chi connectivity index (χ4v) is 7.43. The third-order valence-electron chi connectivity index (χ3n) is 9.37. The molecule has 1 aromatic heterocycles. The molecule has 2 saturated heterocycles. The zero-order valence-electron chi connectivity index (χ0n) is 23.5. The van der Waals surface area contributed by atoms with Crippen molar-refractivity contribution in [3.63, 3.8) is 0 Å². The minimum atomic E-state index is -1.45. The summed E-state index contributed by atoms with van der Waals surface area (Å²) < 4.78 is 10.9. The summed E-state index contributed by atoms with van der Waals surface area (Å²) >= 11 is 0. The van der Waals surface area contributed by atoms with E-state index < -0.39 is 41.1 Å². The van der Waals surface area contributed by atoms with E-state index in [2.05, 4.69) is 33.8 Å². The number of aromatic nitrogens is 1. The molecule has 2 N–H and O–H groups in total. The number of methoxy groups -OCH3 is 1. The first-order valence-corrected chi connectivity index (χ1v) is 14.0. The van der Waals surface area contributed by atoms with Crippen molar-refractivity contribution in [2.24, 2.45) is 29.1 Å². The van der Waals surface area contributed by atoms with E-state index in [4.69, 9.17) is 9.47 Å². The Bertz CT molecular complexity index is 1380. The van der Waals surface area contributed by atoms with Gasteiger partial charge in [0.05, 0.1) is 19.7 Å². The van der Waals surface area contributed by atoms with Gasteiger partial charge in [-0.15, -0.1) is 0 Å². The van der Waals surface area contributed by atoms with Gasteiger partial charge in [0.1, 0.15) is 18.1 Å². The molecule has 3 fully saturated rings. The van der Waals surface area contributed by atoms with Gasteiger partial charge in [0.2, 0.25) is 17.4 Å². The van der Waals surface area contributed by atoms with E-state index >= 15 is 0 Å². The summed E-state index contributed by atoms with van der Waals surface area (Å²) in [6, 6.07) is 2.84. The normalized spacial score (nSPS) is 33.5. The van der Waals surface area contributed by atoms with Gasteiger partial charge in [-0.1, -0.05) is 32.9 Å². The number of rotatable bonds is 3. The molecule has 5 aliphatic rings. The first-order valence-electron chi connectivity index (χ1n) is 14.0. The Kier molecular flexibility index (Phi) is 6.24. The van der Waals surface area contributed by atoms with E-state index in [1.54, 1.807) is 17.0 Å². The van der Waals surface area contributed by atoms with Crippen molar-refractivity contribution in [3.8, 4) is 11.8 Å². The van der Waals surface area contributed by atoms with Crippen molar-refractivity contribution >= 4 is 29.6 Å². The number of pyridine rings is 1. The number of fused-ring (bicyclic) bond motifs is 6. The van der Waals surface area contributed by atoms with E-state index in [-0.39, 0.29) is 54.3 Å². The molecule has 216 valence electrons. The summed E-state index contributed by atoms with van der Waals surface area (Å²) in [4.78, 5) is 61.3. The number of carbonyl (C=O) groups excluding carboxylic acids is 4. The molecule has 8 atom stereocenters. The van der Waals surface area contributed by atoms with Gasteiger partial charge in [-0.05, 0) is 47.6 Å². The number of hydrogen-bond donors (Lipinski definition) is 2. The number of nitriles is 1. The van der Waals surface area contributed by atoms with Crippen molar-refractivity contribution in [1.29, 1.82) is 5.26 Å². The molecule has 1 aromatic rings. The third-order valence-corrected chi connectivity index (χ3v) is 9.37. The largest absolute Gasteiger partial charge is 0.472 e. The maximum atomic E-state index is 14.5. The van der Waals surface area contributed by atoms with Crippen LogP contribution in [0.1, 0.15) is 33.6 Å². The Morgan fingerprint density at radius 3 is 2.73 bits per heavy atom. The summed E-state index contributed by atoms with van der Waals surface area (Å²) in [6.07, 6.45) is 6.01. The summed E-state index contributed by atoms with van der Waals surface area (Å²) in [5.74, 6) is -0.204. The Hall–Kier alpha value is -4.14. The molecule has 12 heteroatoms. The number of carbonyl (C=O) groups is 4. The van der Waals surface area contributed by atoms with Crippen molar-refractivity contribution in [2.45, 2.75) is 57.3 Å². The number of anilines is 1. The van der Waals surface area contributed by atoms with Crippen LogP contribution in [0, 0.1) is 40.4 Å². The van der Waals surface area contributed by atoms with E-state index in [1.807, 2.05) is 20.8 Å². The van der Waals surface area contributed by atoms with Gasteiger partial charge in [0.15, 0.2) is 11.6 Å². The smallest absolute Gasteiger partial charge is 0.407 e. The lowest BCUT2D eigenvalue weighted by Crippen LogP contribution is -2.60. The number of likely N-dealkylation sites (tertiary alicyclic amines) is 2. The van der Waals surface area contributed by atoms with Crippen molar-refractivity contribution in [1.82, 2.24) is 20.1 Å². The van der Waals surface area contributed by atoms with Crippen LogP contribution in [0.4, 0.5) is 10.6 Å². The number of nitrogens with zero attached hydrogens (tertiary/aromatic N) is 4. The van der Waals surface area contributed by atoms with Crippen molar-refractivity contribution < 1.29 is 28.7 Å². The highest BCUT2D eigenvalue weighted by Crippen LogP contribution is 2.55. The lowest BCUT2D eigenvalue weighted by atomic mass is 9.81. The number of hydrogen-bond acceptors (Lipinski definition) is 8. The highest BCUT2D eigenvalue weighted by atomic mass is 16.5. The second-order valence-corrected chi connectivity index (χ2v) is 12.8. The Labute approximate surface area is 238 Å². The van der Waals surface area contributed by atoms with Crippen LogP contribution in [-0.4, -0.2) is 82.5 Å². The molecule has 4 amide bonds. The molecule has 8 unspecified atom stereocenters. The predicted molar refractivity (Wildman–Crippen MR) is 144 cm³/mol. The van der Waals surface area contributed by atoms with Crippen LogP contribution in [-0.2, 0) is 19.1 Å².